The van der Waals surface area contributed by atoms with E-state index in [-0.39, 0.29) is 4.90 Å². The van der Waals surface area contributed by atoms with Crippen LogP contribution in [0, 0.1) is 0 Å². The number of carbonyl (C=O) groups excluding carboxylic acids is 1. The molecule has 0 aliphatic rings. The van der Waals surface area contributed by atoms with Crippen LogP contribution in [-0.2, 0) is 14.9 Å². The van der Waals surface area contributed by atoms with E-state index >= 15 is 0 Å². The Bertz CT molecular complexity index is 1350. The highest BCUT2D eigenvalue weighted by molar-refractivity contribution is 7.89. The molecular formula is C22H19N3O5S2. The van der Waals surface area contributed by atoms with Gasteiger partial charge in [0, 0.05) is 18.7 Å². The number of nitrogens with one attached hydrogen (secondary N) is 1. The second kappa shape index (κ2) is 9.05. The Hall–Kier alpha value is -3.31. The SMILES string of the molecule is CON(C)S(=O)(=O)c1ccc(C(=O)Nc2nc3ccc(Oc4ccccc4)cc3s2)cc1. The molecule has 0 aliphatic carbocycles. The Morgan fingerprint density at radius 1 is 1.00 bits per heavy atom. The van der Waals surface area contributed by atoms with Crippen LogP contribution in [0.3, 0.4) is 0 Å². The summed E-state index contributed by atoms with van der Waals surface area (Å²) < 4.78 is 32.0. The highest BCUT2D eigenvalue weighted by atomic mass is 32.2. The van der Waals surface area contributed by atoms with Gasteiger partial charge in [0.05, 0.1) is 22.2 Å². The lowest BCUT2D eigenvalue weighted by Crippen LogP contribution is -2.25. The highest BCUT2D eigenvalue weighted by Gasteiger charge is 2.21. The number of thiazole rings is 1. The number of anilines is 1. The van der Waals surface area contributed by atoms with Gasteiger partial charge in [-0.1, -0.05) is 34.0 Å². The van der Waals surface area contributed by atoms with Gasteiger partial charge in [0.15, 0.2) is 5.13 Å². The fraction of sp³-hybridized carbons (Fsp3) is 0.0909. The number of hydroxylamine groups is 1. The van der Waals surface area contributed by atoms with Gasteiger partial charge in [0.1, 0.15) is 11.5 Å². The molecule has 4 aromatic rings. The molecule has 4 rings (SSSR count). The molecule has 3 aromatic carbocycles. The minimum absolute atomic E-state index is 0.0179. The summed E-state index contributed by atoms with van der Waals surface area (Å²) in [6.07, 6.45) is 0. The number of ether oxygens (including phenoxy) is 1. The average Bonchev–Trinajstić information content (AvgIpc) is 3.20. The summed E-state index contributed by atoms with van der Waals surface area (Å²) in [6.45, 7) is 0. The molecule has 0 atom stereocenters. The van der Waals surface area contributed by atoms with Gasteiger partial charge in [-0.25, -0.2) is 13.4 Å². The monoisotopic (exact) mass is 469 g/mol. The molecule has 0 bridgehead atoms. The first-order valence-corrected chi connectivity index (χ1v) is 11.7. The number of nitrogens with zero attached hydrogens (tertiary/aromatic N) is 2. The number of benzene rings is 3. The maximum atomic E-state index is 12.6. The minimum atomic E-state index is -3.78. The number of para-hydroxylation sites is 1. The number of fused-ring (bicyclic) bond motifs is 1. The van der Waals surface area contributed by atoms with Crippen molar-refractivity contribution in [3.05, 3.63) is 78.4 Å². The minimum Gasteiger partial charge on any atom is -0.457 e. The van der Waals surface area contributed by atoms with Crippen LogP contribution in [-0.4, -0.2) is 37.9 Å². The zero-order valence-corrected chi connectivity index (χ0v) is 18.8. The lowest BCUT2D eigenvalue weighted by atomic mass is 10.2. The quantitative estimate of drug-likeness (QED) is 0.400. The number of carbonyl (C=O) groups is 1. The van der Waals surface area contributed by atoms with Crippen LogP contribution in [0.25, 0.3) is 10.2 Å². The molecule has 1 amide bonds. The molecule has 0 fully saturated rings. The molecular weight excluding hydrogens is 450 g/mol. The number of hydrogen-bond donors (Lipinski definition) is 1. The van der Waals surface area contributed by atoms with Crippen molar-refractivity contribution in [2.75, 3.05) is 19.5 Å². The average molecular weight is 470 g/mol. The first kappa shape index (κ1) is 21.9. The Morgan fingerprint density at radius 2 is 1.72 bits per heavy atom. The summed E-state index contributed by atoms with van der Waals surface area (Å²) in [4.78, 5) is 21.8. The topological polar surface area (TPSA) is 97.8 Å². The molecule has 0 aliphatic heterocycles. The van der Waals surface area contributed by atoms with E-state index in [2.05, 4.69) is 10.3 Å². The van der Waals surface area contributed by atoms with Gasteiger partial charge in [0.2, 0.25) is 0 Å². The molecule has 8 nitrogen and oxygen atoms in total. The molecule has 164 valence electrons. The Labute approximate surface area is 189 Å². The third-order valence-electron chi connectivity index (χ3n) is 4.57. The molecule has 10 heteroatoms. The largest absolute Gasteiger partial charge is 0.457 e. The number of aromatic nitrogens is 1. The fourth-order valence-corrected chi connectivity index (χ4v) is 4.70. The maximum Gasteiger partial charge on any atom is 0.264 e. The summed E-state index contributed by atoms with van der Waals surface area (Å²) >= 11 is 1.32. The highest BCUT2D eigenvalue weighted by Crippen LogP contribution is 2.31. The smallest absolute Gasteiger partial charge is 0.264 e. The van der Waals surface area contributed by atoms with Crippen molar-refractivity contribution in [1.82, 2.24) is 9.45 Å². The number of sulfonamides is 1. The van der Waals surface area contributed by atoms with E-state index in [0.717, 1.165) is 20.4 Å². The molecule has 0 spiro atoms. The van der Waals surface area contributed by atoms with Crippen LogP contribution in [0.5, 0.6) is 11.5 Å². The third kappa shape index (κ3) is 4.63. The van der Waals surface area contributed by atoms with Crippen molar-refractivity contribution in [3.8, 4) is 11.5 Å². The van der Waals surface area contributed by atoms with Crippen molar-refractivity contribution in [2.24, 2.45) is 0 Å². The van der Waals surface area contributed by atoms with E-state index in [9.17, 15) is 13.2 Å². The van der Waals surface area contributed by atoms with Gasteiger partial charge in [-0.2, -0.15) is 0 Å². The lowest BCUT2D eigenvalue weighted by molar-refractivity contribution is -0.0258. The third-order valence-corrected chi connectivity index (χ3v) is 7.20. The molecule has 32 heavy (non-hydrogen) atoms. The summed E-state index contributed by atoms with van der Waals surface area (Å²) in [5.41, 5.74) is 1.03. The maximum absolute atomic E-state index is 12.6. The van der Waals surface area contributed by atoms with Crippen LogP contribution >= 0.6 is 11.3 Å². The van der Waals surface area contributed by atoms with E-state index < -0.39 is 15.9 Å². The predicted molar refractivity (Wildman–Crippen MR) is 122 cm³/mol. The number of rotatable bonds is 7. The summed E-state index contributed by atoms with van der Waals surface area (Å²) in [7, 11) is -1.23. The summed E-state index contributed by atoms with van der Waals surface area (Å²) in [6, 6.07) is 20.5. The number of hydrogen-bond acceptors (Lipinski definition) is 7. The Morgan fingerprint density at radius 3 is 2.41 bits per heavy atom. The van der Waals surface area contributed by atoms with Crippen molar-refractivity contribution in [1.29, 1.82) is 0 Å². The van der Waals surface area contributed by atoms with Crippen LogP contribution in [0.1, 0.15) is 10.4 Å². The van der Waals surface area contributed by atoms with Crippen LogP contribution in [0.2, 0.25) is 0 Å². The molecule has 0 saturated heterocycles. The molecule has 0 unspecified atom stereocenters. The molecule has 0 radical (unpaired) electrons. The molecule has 1 heterocycles. The van der Waals surface area contributed by atoms with Crippen molar-refractivity contribution < 1.29 is 22.8 Å². The molecule has 0 saturated carbocycles. The molecule has 1 aromatic heterocycles. The van der Waals surface area contributed by atoms with E-state index in [1.807, 2.05) is 48.5 Å². The van der Waals surface area contributed by atoms with Gasteiger partial charge in [-0.05, 0) is 48.5 Å². The number of amides is 1. The first-order valence-electron chi connectivity index (χ1n) is 9.45. The van der Waals surface area contributed by atoms with Gasteiger partial charge in [-0.3, -0.25) is 14.9 Å². The summed E-state index contributed by atoms with van der Waals surface area (Å²) in [5, 5.41) is 3.18. The fourth-order valence-electron chi connectivity index (χ4n) is 2.84. The van der Waals surface area contributed by atoms with Crippen molar-refractivity contribution in [2.45, 2.75) is 4.90 Å². The second-order valence-electron chi connectivity index (χ2n) is 6.64. The molecule has 1 N–H and O–H groups in total. The van der Waals surface area contributed by atoms with E-state index in [0.29, 0.717) is 16.4 Å². The van der Waals surface area contributed by atoms with Gasteiger partial charge in [0.25, 0.3) is 15.9 Å². The van der Waals surface area contributed by atoms with E-state index in [1.165, 1.54) is 49.8 Å². The Kier molecular flexibility index (Phi) is 6.19. The zero-order valence-electron chi connectivity index (χ0n) is 17.2. The predicted octanol–water partition coefficient (Wildman–Crippen LogP) is 4.52. The summed E-state index contributed by atoms with van der Waals surface area (Å²) in [5.74, 6) is 1.00. The first-order chi connectivity index (χ1) is 15.4. The van der Waals surface area contributed by atoms with Gasteiger partial charge >= 0.3 is 0 Å². The van der Waals surface area contributed by atoms with Gasteiger partial charge < -0.3 is 4.74 Å². The Balaban J connectivity index is 1.49. The van der Waals surface area contributed by atoms with Crippen LogP contribution < -0.4 is 10.1 Å². The van der Waals surface area contributed by atoms with Crippen LogP contribution in [0.4, 0.5) is 5.13 Å². The standard InChI is InChI=1S/C22H19N3O5S2/c1-25(29-2)32(27,28)18-11-8-15(9-12-18)21(26)24-22-23-19-13-10-17(14-20(19)31-22)30-16-6-4-3-5-7-16/h3-14H,1-2H3,(H,23,24,26). The van der Waals surface area contributed by atoms with E-state index in [1.54, 1.807) is 0 Å². The van der Waals surface area contributed by atoms with Crippen molar-refractivity contribution >= 4 is 42.6 Å². The normalized spacial score (nSPS) is 11.6. The zero-order chi connectivity index (χ0) is 22.7. The van der Waals surface area contributed by atoms with Gasteiger partial charge in [-0.15, -0.1) is 0 Å². The van der Waals surface area contributed by atoms with E-state index in [4.69, 9.17) is 9.57 Å². The second-order valence-corrected chi connectivity index (χ2v) is 9.61. The van der Waals surface area contributed by atoms with Crippen molar-refractivity contribution in [3.63, 3.8) is 0 Å². The lowest BCUT2D eigenvalue weighted by Gasteiger charge is -2.14. The van der Waals surface area contributed by atoms with Crippen LogP contribution in [0.15, 0.2) is 77.7 Å².